The standard InChI is InChI=1S/C7H7.C6H5.C5H13NO.C3H8.Y/c1-7-5-3-2-4-6-7;1-2-4-6-5-3-1;1-3-4-6(2)5-7;1-3-2;/h3-6H,1H3;1-5H;7H,3-5H2,1-2H3;3H2,1-2H3;/q2*-1;;;. The van der Waals surface area contributed by atoms with Crippen molar-refractivity contribution in [1.29, 1.82) is 0 Å². The summed E-state index contributed by atoms with van der Waals surface area (Å²) in [6.07, 6.45) is 2.36. The van der Waals surface area contributed by atoms with Gasteiger partial charge in [-0.1, -0.05) is 34.1 Å². The van der Waals surface area contributed by atoms with Crippen molar-refractivity contribution in [2.75, 3.05) is 20.3 Å². The second-order valence-electron chi connectivity index (χ2n) is 5.08. The summed E-state index contributed by atoms with van der Waals surface area (Å²) < 4.78 is 0. The summed E-state index contributed by atoms with van der Waals surface area (Å²) in [6, 6.07) is 23.3. The molecule has 1 N–H and O–H groups in total. The average Bonchev–Trinajstić information content (AvgIpc) is 2.59. The van der Waals surface area contributed by atoms with Crippen molar-refractivity contribution in [3.8, 4) is 0 Å². The Hall–Kier alpha value is -0.536. The smallest absolute Gasteiger partial charge is 0.0954 e. The Morgan fingerprint density at radius 1 is 0.917 bits per heavy atom. The van der Waals surface area contributed by atoms with Gasteiger partial charge in [0.05, 0.1) is 6.73 Å². The Labute approximate surface area is 175 Å². The molecule has 0 bridgehead atoms. The quantitative estimate of drug-likeness (QED) is 0.577. The molecule has 0 saturated carbocycles. The van der Waals surface area contributed by atoms with E-state index in [1.165, 1.54) is 12.0 Å². The molecule has 1 radical (unpaired) electrons. The number of nitrogens with zero attached hydrogens (tertiary/aromatic N) is 1. The Morgan fingerprint density at radius 3 is 1.54 bits per heavy atom. The van der Waals surface area contributed by atoms with Crippen molar-refractivity contribution >= 4 is 0 Å². The van der Waals surface area contributed by atoms with Crippen molar-refractivity contribution in [2.45, 2.75) is 40.5 Å². The molecule has 2 rings (SSSR count). The fourth-order valence-corrected chi connectivity index (χ4v) is 1.26. The van der Waals surface area contributed by atoms with Crippen LogP contribution in [0.1, 0.15) is 39.2 Å². The molecule has 24 heavy (non-hydrogen) atoms. The molecule has 0 amide bonds. The van der Waals surface area contributed by atoms with Gasteiger partial charge >= 0.3 is 0 Å². The molecule has 0 aliphatic carbocycles. The van der Waals surface area contributed by atoms with Crippen molar-refractivity contribution in [1.82, 2.24) is 4.90 Å². The van der Waals surface area contributed by atoms with Crippen LogP contribution in [-0.2, 0) is 32.7 Å². The Bertz CT molecular complexity index is 382. The van der Waals surface area contributed by atoms with Crippen molar-refractivity contribution in [3.63, 3.8) is 0 Å². The number of aliphatic hydroxyl groups is 1. The molecule has 2 aromatic carbocycles. The molecular weight excluding hydrogens is 371 g/mol. The first-order chi connectivity index (χ1) is 11.1. The van der Waals surface area contributed by atoms with Gasteiger partial charge in [-0.15, -0.1) is 0 Å². The summed E-state index contributed by atoms with van der Waals surface area (Å²) in [5, 5.41) is 8.39. The monoisotopic (exact) mass is 404 g/mol. The van der Waals surface area contributed by atoms with Gasteiger partial charge in [-0.2, -0.15) is 72.3 Å². The molecule has 0 fully saturated rings. The number of rotatable bonds is 3. The summed E-state index contributed by atoms with van der Waals surface area (Å²) in [5.41, 5.74) is 1.29. The van der Waals surface area contributed by atoms with Gasteiger partial charge in [0.25, 0.3) is 0 Å². The molecule has 0 atom stereocenters. The third kappa shape index (κ3) is 26.4. The van der Waals surface area contributed by atoms with E-state index in [2.05, 4.69) is 39.8 Å². The van der Waals surface area contributed by atoms with Crippen LogP contribution in [0.5, 0.6) is 0 Å². The Kier molecular flexibility index (Phi) is 29.1. The van der Waals surface area contributed by atoms with Crippen LogP contribution >= 0.6 is 0 Å². The van der Waals surface area contributed by atoms with Crippen LogP contribution in [0, 0.1) is 19.1 Å². The minimum absolute atomic E-state index is 0. The number of benzene rings is 2. The summed E-state index contributed by atoms with van der Waals surface area (Å²) >= 11 is 0. The fourth-order valence-electron chi connectivity index (χ4n) is 1.26. The number of aliphatic hydroxyl groups excluding tert-OH is 1. The number of hydrogen-bond acceptors (Lipinski definition) is 2. The summed E-state index contributed by atoms with van der Waals surface area (Å²) in [5.74, 6) is 0. The SMILES string of the molecule is CCC.CCCN(C)CO.Cc1cc[c-]cc1.[Y].[c-]1ccccc1. The van der Waals surface area contributed by atoms with Gasteiger partial charge in [0, 0.05) is 32.7 Å². The second kappa shape index (κ2) is 24.7. The van der Waals surface area contributed by atoms with E-state index < -0.39 is 0 Å². The van der Waals surface area contributed by atoms with E-state index in [0.717, 1.165) is 13.0 Å². The predicted molar refractivity (Wildman–Crippen MR) is 101 cm³/mol. The van der Waals surface area contributed by atoms with Crippen LogP contribution < -0.4 is 0 Å². The van der Waals surface area contributed by atoms with Crippen LogP contribution in [0.25, 0.3) is 0 Å². The maximum atomic E-state index is 8.39. The van der Waals surface area contributed by atoms with E-state index in [4.69, 9.17) is 5.11 Å². The zero-order chi connectivity index (χ0) is 17.8. The Balaban J connectivity index is -0.000000251. The summed E-state index contributed by atoms with van der Waals surface area (Å²) in [4.78, 5) is 1.86. The average molecular weight is 404 g/mol. The zero-order valence-corrected chi connectivity index (χ0v) is 18.8. The van der Waals surface area contributed by atoms with Crippen molar-refractivity contribution in [2.24, 2.45) is 0 Å². The topological polar surface area (TPSA) is 23.5 Å². The minimum Gasteiger partial charge on any atom is -0.381 e. The largest absolute Gasteiger partial charge is 0.381 e. The van der Waals surface area contributed by atoms with Gasteiger partial charge in [-0.05, 0) is 20.0 Å². The van der Waals surface area contributed by atoms with Gasteiger partial charge in [-0.3, -0.25) is 4.90 Å². The van der Waals surface area contributed by atoms with Gasteiger partial charge < -0.3 is 5.11 Å². The Morgan fingerprint density at radius 2 is 1.38 bits per heavy atom. The van der Waals surface area contributed by atoms with E-state index in [1.54, 1.807) is 0 Å². The number of aryl methyl sites for hydroxylation is 1. The second-order valence-corrected chi connectivity index (χ2v) is 5.08. The van der Waals surface area contributed by atoms with Gasteiger partial charge in [0.2, 0.25) is 0 Å². The van der Waals surface area contributed by atoms with E-state index in [1.807, 2.05) is 66.5 Å². The van der Waals surface area contributed by atoms with Gasteiger partial charge in [0.1, 0.15) is 0 Å². The number of hydrogen-bond donors (Lipinski definition) is 1. The van der Waals surface area contributed by atoms with Gasteiger partial charge in [0.15, 0.2) is 0 Å². The minimum atomic E-state index is 0. The summed E-state index contributed by atoms with van der Waals surface area (Å²) in [6.45, 7) is 9.56. The first-order valence-electron chi connectivity index (χ1n) is 8.25. The third-order valence-electron chi connectivity index (χ3n) is 2.34. The maximum Gasteiger partial charge on any atom is 0.0954 e. The zero-order valence-electron chi connectivity index (χ0n) is 16.0. The molecule has 0 saturated heterocycles. The molecule has 0 heterocycles. The van der Waals surface area contributed by atoms with Crippen LogP contribution in [0.15, 0.2) is 54.6 Å². The van der Waals surface area contributed by atoms with Crippen LogP contribution in [0.4, 0.5) is 0 Å². The molecule has 2 nitrogen and oxygen atoms in total. The molecule has 0 unspecified atom stereocenters. The van der Waals surface area contributed by atoms with E-state index in [9.17, 15) is 0 Å². The van der Waals surface area contributed by atoms with Crippen LogP contribution in [0.2, 0.25) is 0 Å². The molecule has 133 valence electrons. The predicted octanol–water partition coefficient (Wildman–Crippen LogP) is 4.97. The molecule has 0 aliphatic rings. The fraction of sp³-hybridized carbons (Fsp3) is 0.429. The van der Waals surface area contributed by atoms with E-state index >= 15 is 0 Å². The third-order valence-corrected chi connectivity index (χ3v) is 2.34. The molecule has 0 aliphatic heterocycles. The van der Waals surface area contributed by atoms with Crippen molar-refractivity contribution < 1.29 is 37.8 Å². The van der Waals surface area contributed by atoms with Crippen LogP contribution in [0.3, 0.4) is 0 Å². The molecule has 3 heteroatoms. The molecule has 0 aromatic heterocycles. The van der Waals surface area contributed by atoms with Crippen LogP contribution in [-0.4, -0.2) is 30.3 Å². The first kappa shape index (κ1) is 28.3. The molecule has 0 spiro atoms. The van der Waals surface area contributed by atoms with E-state index in [0.29, 0.717) is 0 Å². The van der Waals surface area contributed by atoms with E-state index in [-0.39, 0.29) is 39.4 Å². The first-order valence-corrected chi connectivity index (χ1v) is 8.25. The normalized spacial score (nSPS) is 8.29. The van der Waals surface area contributed by atoms with Gasteiger partial charge in [-0.25, -0.2) is 0 Å². The maximum absolute atomic E-state index is 8.39. The molecular formula is C21H33NOY-2. The molecule has 2 aromatic rings. The summed E-state index contributed by atoms with van der Waals surface area (Å²) in [7, 11) is 1.89. The van der Waals surface area contributed by atoms with Crippen molar-refractivity contribution in [3.05, 3.63) is 72.3 Å².